The molecule has 0 heterocycles. The Morgan fingerprint density at radius 2 is 1.84 bits per heavy atom. The Labute approximate surface area is 185 Å². The van der Waals surface area contributed by atoms with Gasteiger partial charge in [0.25, 0.3) is 0 Å². The van der Waals surface area contributed by atoms with Gasteiger partial charge in [-0.2, -0.15) is 0 Å². The van der Waals surface area contributed by atoms with Gasteiger partial charge in [0.05, 0.1) is 5.92 Å². The molecule has 0 aliphatic heterocycles. The Balaban J connectivity index is 2.12. The van der Waals surface area contributed by atoms with Crippen molar-refractivity contribution in [1.82, 2.24) is 0 Å². The van der Waals surface area contributed by atoms with Crippen LogP contribution in [0.15, 0.2) is 23.3 Å². The zero-order valence-corrected chi connectivity index (χ0v) is 19.9. The lowest BCUT2D eigenvalue weighted by Crippen LogP contribution is -2.68. The molecule has 6 nitrogen and oxygen atoms in total. The third kappa shape index (κ3) is 3.29. The molecule has 8 atom stereocenters. The summed E-state index contributed by atoms with van der Waals surface area (Å²) in [5, 5.41) is 11.6. The smallest absolute Gasteiger partial charge is 0.333 e. The van der Waals surface area contributed by atoms with Gasteiger partial charge >= 0.3 is 11.9 Å². The number of hydrogen-bond acceptors (Lipinski definition) is 6. The van der Waals surface area contributed by atoms with Crippen molar-refractivity contribution in [2.45, 2.75) is 80.1 Å². The minimum Gasteiger partial charge on any atom is -0.455 e. The highest BCUT2D eigenvalue weighted by molar-refractivity contribution is 5.97. The minimum absolute atomic E-state index is 0.0109. The number of fused-ring (bicyclic) bond motifs is 3. The van der Waals surface area contributed by atoms with Crippen molar-refractivity contribution in [1.29, 1.82) is 0 Å². The van der Waals surface area contributed by atoms with Gasteiger partial charge in [0.2, 0.25) is 0 Å². The van der Waals surface area contributed by atoms with Crippen LogP contribution >= 0.6 is 0 Å². The monoisotopic (exact) mass is 432 g/mol. The van der Waals surface area contributed by atoms with Crippen LogP contribution in [0.1, 0.15) is 61.8 Å². The molecule has 0 radical (unpaired) electrons. The van der Waals surface area contributed by atoms with E-state index < -0.39 is 47.0 Å². The predicted octanol–water partition coefficient (Wildman–Crippen LogP) is 3.62. The molecule has 4 aliphatic rings. The van der Waals surface area contributed by atoms with E-state index in [1.54, 1.807) is 32.9 Å². The van der Waals surface area contributed by atoms with Crippen LogP contribution in [0.25, 0.3) is 0 Å². The number of carbonyl (C=O) groups is 3. The quantitative estimate of drug-likeness (QED) is 0.527. The third-order valence-corrected chi connectivity index (χ3v) is 8.32. The van der Waals surface area contributed by atoms with Crippen molar-refractivity contribution in [3.8, 4) is 0 Å². The van der Waals surface area contributed by atoms with Crippen LogP contribution < -0.4 is 0 Å². The second kappa shape index (κ2) is 7.88. The molecular formula is C25H36O6. The molecule has 4 rings (SSSR count). The maximum absolute atomic E-state index is 13.0. The Kier molecular flexibility index (Phi) is 6.02. The van der Waals surface area contributed by atoms with Crippen LogP contribution in [0.2, 0.25) is 0 Å². The Morgan fingerprint density at radius 1 is 1.23 bits per heavy atom. The highest BCUT2D eigenvalue weighted by Crippen LogP contribution is 2.71. The minimum atomic E-state index is -1.13. The molecule has 6 heteroatoms. The highest BCUT2D eigenvalue weighted by Gasteiger charge is 2.76. The lowest BCUT2D eigenvalue weighted by atomic mass is 9.37. The summed E-state index contributed by atoms with van der Waals surface area (Å²) in [6.07, 6.45) is 0.868. The van der Waals surface area contributed by atoms with Gasteiger partial charge in [-0.05, 0) is 45.1 Å². The van der Waals surface area contributed by atoms with E-state index in [2.05, 4.69) is 0 Å². The summed E-state index contributed by atoms with van der Waals surface area (Å²) in [7, 11) is 0. The van der Waals surface area contributed by atoms with Gasteiger partial charge in [0, 0.05) is 22.3 Å². The van der Waals surface area contributed by atoms with Crippen LogP contribution in [0.3, 0.4) is 0 Å². The first-order chi connectivity index (χ1) is 14.3. The zero-order chi connectivity index (χ0) is 23.5. The van der Waals surface area contributed by atoms with E-state index in [4.69, 9.17) is 9.47 Å². The van der Waals surface area contributed by atoms with Gasteiger partial charge in [0.15, 0.2) is 11.9 Å². The molecule has 3 fully saturated rings. The van der Waals surface area contributed by atoms with Gasteiger partial charge in [-0.3, -0.25) is 9.59 Å². The van der Waals surface area contributed by atoms with E-state index in [0.717, 1.165) is 5.57 Å². The fourth-order valence-corrected chi connectivity index (χ4v) is 6.15. The SMILES string of the molecule is C/C=C(/C)C(=O)O[C@@H]1[C@@H](OC(=O)[C@H](C)CC)[C@@H](O)[C@@]2(C)[C@@H]3C(=O)C=C(C)[C@H]2[C@@H]3C1(C)C. The first-order valence-electron chi connectivity index (χ1n) is 11.3. The average Bonchev–Trinajstić information content (AvgIpc) is 2.78. The molecule has 0 aromatic rings. The first kappa shape index (κ1) is 23.7. The Hall–Kier alpha value is -1.95. The summed E-state index contributed by atoms with van der Waals surface area (Å²) >= 11 is 0. The molecular weight excluding hydrogens is 396 g/mol. The number of hydrogen-bond donors (Lipinski definition) is 1. The van der Waals surface area contributed by atoms with Gasteiger partial charge < -0.3 is 14.6 Å². The molecule has 4 aliphatic carbocycles. The molecule has 31 heavy (non-hydrogen) atoms. The highest BCUT2D eigenvalue weighted by atomic mass is 16.6. The summed E-state index contributed by atoms with van der Waals surface area (Å²) in [5.74, 6) is -1.86. The van der Waals surface area contributed by atoms with Crippen LogP contribution in [0.5, 0.6) is 0 Å². The van der Waals surface area contributed by atoms with E-state index in [-0.39, 0.29) is 23.5 Å². The number of aliphatic hydroxyl groups is 1. The fraction of sp³-hybridized carbons (Fsp3) is 0.720. The lowest BCUT2D eigenvalue weighted by molar-refractivity contribution is -0.201. The van der Waals surface area contributed by atoms with Crippen LogP contribution in [-0.4, -0.2) is 41.1 Å². The number of rotatable bonds is 5. The van der Waals surface area contributed by atoms with Gasteiger partial charge in [-0.1, -0.05) is 46.3 Å². The van der Waals surface area contributed by atoms with Gasteiger partial charge in [0.1, 0.15) is 12.2 Å². The number of esters is 2. The molecule has 0 saturated heterocycles. The summed E-state index contributed by atoms with van der Waals surface area (Å²) in [6.45, 7) is 14.8. The van der Waals surface area contributed by atoms with E-state index >= 15 is 0 Å². The number of allylic oxidation sites excluding steroid dienone is 3. The number of ketones is 1. The normalized spacial score (nSPS) is 39.6. The molecule has 0 amide bonds. The van der Waals surface area contributed by atoms with Gasteiger partial charge in [-0.25, -0.2) is 4.79 Å². The van der Waals surface area contributed by atoms with E-state index in [1.165, 1.54) is 0 Å². The average molecular weight is 433 g/mol. The third-order valence-electron chi connectivity index (χ3n) is 8.32. The fourth-order valence-electron chi connectivity index (χ4n) is 6.15. The lowest BCUT2D eigenvalue weighted by Gasteiger charge is -2.65. The van der Waals surface area contributed by atoms with Crippen molar-refractivity contribution < 1.29 is 29.0 Å². The van der Waals surface area contributed by atoms with Crippen molar-refractivity contribution >= 4 is 17.7 Å². The first-order valence-corrected chi connectivity index (χ1v) is 11.3. The second-order valence-electron chi connectivity index (χ2n) is 10.4. The number of aliphatic hydroxyl groups excluding tert-OH is 1. The van der Waals surface area contributed by atoms with Gasteiger partial charge in [-0.15, -0.1) is 0 Å². The van der Waals surface area contributed by atoms with Crippen molar-refractivity contribution in [3.05, 3.63) is 23.3 Å². The maximum atomic E-state index is 13.0. The predicted molar refractivity (Wildman–Crippen MR) is 116 cm³/mol. The molecule has 0 aromatic heterocycles. The summed E-state index contributed by atoms with van der Waals surface area (Å²) in [6, 6.07) is 0. The molecule has 0 spiro atoms. The van der Waals surface area contributed by atoms with Crippen molar-refractivity contribution in [3.63, 3.8) is 0 Å². The number of ether oxygens (including phenoxy) is 2. The summed E-state index contributed by atoms with van der Waals surface area (Å²) in [5.41, 5.74) is -0.0976. The topological polar surface area (TPSA) is 89.9 Å². The molecule has 172 valence electrons. The maximum Gasteiger partial charge on any atom is 0.333 e. The summed E-state index contributed by atoms with van der Waals surface area (Å²) < 4.78 is 11.8. The second-order valence-corrected chi connectivity index (χ2v) is 10.4. The van der Waals surface area contributed by atoms with E-state index in [9.17, 15) is 19.5 Å². The number of carbonyl (C=O) groups excluding carboxylic acids is 3. The molecule has 1 N–H and O–H groups in total. The summed E-state index contributed by atoms with van der Waals surface area (Å²) in [4.78, 5) is 38.5. The van der Waals surface area contributed by atoms with Crippen LogP contribution in [0.4, 0.5) is 0 Å². The molecule has 3 saturated carbocycles. The van der Waals surface area contributed by atoms with E-state index in [1.807, 2.05) is 34.6 Å². The molecule has 4 bridgehead atoms. The largest absolute Gasteiger partial charge is 0.455 e. The van der Waals surface area contributed by atoms with Crippen LogP contribution in [0, 0.1) is 34.5 Å². The van der Waals surface area contributed by atoms with Crippen molar-refractivity contribution in [2.75, 3.05) is 0 Å². The molecule has 0 aromatic carbocycles. The Bertz CT molecular complexity index is 852. The van der Waals surface area contributed by atoms with Crippen LogP contribution in [-0.2, 0) is 23.9 Å². The Morgan fingerprint density at radius 3 is 2.35 bits per heavy atom. The molecule has 0 unspecified atom stereocenters. The standard InChI is InChI=1S/C25H36O6/c1-9-12(3)22(28)30-19-20(27)25(8)16-14(5)11-15(26)17(25)18(16)24(6,7)21(19)31-23(29)13(4)10-2/h10-12,16-21,27H,9H2,1-8H3/b13-10-/t12-,16+,17-,18+,19+,20-,21-,25-/m1/s1. The zero-order valence-electron chi connectivity index (χ0n) is 19.9. The van der Waals surface area contributed by atoms with E-state index in [0.29, 0.717) is 12.0 Å². The van der Waals surface area contributed by atoms with Crippen molar-refractivity contribution in [2.24, 2.45) is 34.5 Å².